The standard InChI is InChI=1S/C9H8BrNOS2/c1-6-2-3-12-7(6)4-13-9-11-8(10)5-14-9/h2-3,5H,4H2,1H3. The van der Waals surface area contributed by atoms with Crippen molar-refractivity contribution >= 4 is 39.0 Å². The van der Waals surface area contributed by atoms with Crippen LogP contribution in [0.3, 0.4) is 0 Å². The molecule has 0 fully saturated rings. The van der Waals surface area contributed by atoms with Crippen LogP contribution in [-0.2, 0) is 5.75 Å². The van der Waals surface area contributed by atoms with Gasteiger partial charge in [0.25, 0.3) is 0 Å². The number of rotatable bonds is 3. The number of thioether (sulfide) groups is 1. The van der Waals surface area contributed by atoms with E-state index in [0.29, 0.717) is 0 Å². The molecular formula is C9H8BrNOS2. The third kappa shape index (κ3) is 2.40. The average Bonchev–Trinajstić information content (AvgIpc) is 2.72. The topological polar surface area (TPSA) is 26.0 Å². The van der Waals surface area contributed by atoms with E-state index in [9.17, 15) is 0 Å². The van der Waals surface area contributed by atoms with Gasteiger partial charge < -0.3 is 4.42 Å². The summed E-state index contributed by atoms with van der Waals surface area (Å²) in [5.74, 6) is 1.88. The minimum absolute atomic E-state index is 0.846. The van der Waals surface area contributed by atoms with Crippen molar-refractivity contribution in [3.63, 3.8) is 0 Å². The fourth-order valence-corrected chi connectivity index (χ4v) is 3.39. The fourth-order valence-electron chi connectivity index (χ4n) is 0.984. The third-order valence-electron chi connectivity index (χ3n) is 1.75. The molecule has 14 heavy (non-hydrogen) atoms. The van der Waals surface area contributed by atoms with Crippen LogP contribution in [0.15, 0.2) is 31.1 Å². The van der Waals surface area contributed by atoms with Crippen LogP contribution in [0.5, 0.6) is 0 Å². The first-order valence-corrected chi connectivity index (χ1v) is 6.68. The van der Waals surface area contributed by atoms with Crippen LogP contribution in [-0.4, -0.2) is 4.98 Å². The van der Waals surface area contributed by atoms with Gasteiger partial charge in [-0.3, -0.25) is 0 Å². The molecule has 0 unspecified atom stereocenters. The van der Waals surface area contributed by atoms with Gasteiger partial charge in [0.15, 0.2) is 4.34 Å². The lowest BCUT2D eigenvalue weighted by atomic mass is 10.3. The maximum absolute atomic E-state index is 5.34. The van der Waals surface area contributed by atoms with Gasteiger partial charge in [-0.2, -0.15) is 0 Å². The normalized spacial score (nSPS) is 10.7. The molecule has 0 aliphatic carbocycles. The lowest BCUT2D eigenvalue weighted by molar-refractivity contribution is 0.528. The van der Waals surface area contributed by atoms with E-state index in [1.807, 2.05) is 11.4 Å². The Morgan fingerprint density at radius 2 is 2.50 bits per heavy atom. The lowest BCUT2D eigenvalue weighted by Crippen LogP contribution is -1.79. The number of furan rings is 1. The molecule has 2 nitrogen and oxygen atoms in total. The van der Waals surface area contributed by atoms with E-state index in [1.54, 1.807) is 29.4 Å². The largest absolute Gasteiger partial charge is 0.468 e. The number of nitrogens with zero attached hydrogens (tertiary/aromatic N) is 1. The van der Waals surface area contributed by atoms with E-state index in [1.165, 1.54) is 5.56 Å². The number of hydrogen-bond donors (Lipinski definition) is 0. The Bertz CT molecular complexity index is 424. The molecule has 0 bridgehead atoms. The van der Waals surface area contributed by atoms with Crippen molar-refractivity contribution in [2.45, 2.75) is 17.0 Å². The molecule has 2 rings (SSSR count). The van der Waals surface area contributed by atoms with Gasteiger partial charge in [0.1, 0.15) is 10.4 Å². The van der Waals surface area contributed by atoms with Crippen molar-refractivity contribution in [1.29, 1.82) is 0 Å². The zero-order valence-corrected chi connectivity index (χ0v) is 10.7. The number of aromatic nitrogens is 1. The highest BCUT2D eigenvalue weighted by atomic mass is 79.9. The Balaban J connectivity index is 1.98. The summed E-state index contributed by atoms with van der Waals surface area (Å²) in [6.07, 6.45) is 1.73. The maximum Gasteiger partial charge on any atom is 0.151 e. The van der Waals surface area contributed by atoms with Gasteiger partial charge in [-0.25, -0.2) is 4.98 Å². The predicted molar refractivity (Wildman–Crippen MR) is 62.8 cm³/mol. The van der Waals surface area contributed by atoms with Gasteiger partial charge >= 0.3 is 0 Å². The van der Waals surface area contributed by atoms with E-state index in [-0.39, 0.29) is 0 Å². The van der Waals surface area contributed by atoms with Crippen LogP contribution in [0.4, 0.5) is 0 Å². The molecule has 0 spiro atoms. The highest BCUT2D eigenvalue weighted by Gasteiger charge is 2.05. The highest BCUT2D eigenvalue weighted by Crippen LogP contribution is 2.28. The van der Waals surface area contributed by atoms with Crippen LogP contribution in [0, 0.1) is 6.92 Å². The van der Waals surface area contributed by atoms with Gasteiger partial charge in [-0.15, -0.1) is 11.3 Å². The first kappa shape index (κ1) is 10.3. The average molecular weight is 290 g/mol. The first-order chi connectivity index (χ1) is 6.75. The summed E-state index contributed by atoms with van der Waals surface area (Å²) in [5.41, 5.74) is 1.20. The molecule has 0 aliphatic heterocycles. The molecule has 0 amide bonds. The summed E-state index contributed by atoms with van der Waals surface area (Å²) in [6, 6.07) is 1.98. The van der Waals surface area contributed by atoms with Gasteiger partial charge in [0.05, 0.1) is 12.0 Å². The van der Waals surface area contributed by atoms with Gasteiger partial charge in [-0.05, 0) is 34.5 Å². The van der Waals surface area contributed by atoms with E-state index in [2.05, 4.69) is 27.8 Å². The van der Waals surface area contributed by atoms with E-state index in [0.717, 1.165) is 20.5 Å². The van der Waals surface area contributed by atoms with Crippen LogP contribution in [0.1, 0.15) is 11.3 Å². The van der Waals surface area contributed by atoms with Crippen LogP contribution in [0.2, 0.25) is 0 Å². The van der Waals surface area contributed by atoms with Crippen LogP contribution >= 0.6 is 39.0 Å². The summed E-state index contributed by atoms with van der Waals surface area (Å²) in [4.78, 5) is 4.30. The third-order valence-corrected chi connectivity index (χ3v) is 4.48. The van der Waals surface area contributed by atoms with Gasteiger partial charge in [-0.1, -0.05) is 11.8 Å². The molecule has 74 valence electrons. The summed E-state index contributed by atoms with van der Waals surface area (Å²) in [6.45, 7) is 2.05. The molecular weight excluding hydrogens is 282 g/mol. The number of thiazole rings is 1. The Morgan fingerprint density at radius 3 is 3.07 bits per heavy atom. The second kappa shape index (κ2) is 4.51. The van der Waals surface area contributed by atoms with Crippen LogP contribution in [0.25, 0.3) is 0 Å². The summed E-state index contributed by atoms with van der Waals surface area (Å²) < 4.78 is 7.30. The molecule has 2 aromatic rings. The zero-order chi connectivity index (χ0) is 9.97. The van der Waals surface area contributed by atoms with Crippen LogP contribution < -0.4 is 0 Å². The number of halogens is 1. The SMILES string of the molecule is Cc1ccoc1CSc1nc(Br)cs1. The quantitative estimate of drug-likeness (QED) is 0.796. The number of hydrogen-bond acceptors (Lipinski definition) is 4. The molecule has 2 heterocycles. The highest BCUT2D eigenvalue weighted by molar-refractivity contribution is 9.10. The molecule has 0 saturated heterocycles. The van der Waals surface area contributed by atoms with Crippen molar-refractivity contribution in [3.05, 3.63) is 33.6 Å². The second-order valence-corrected chi connectivity index (χ2v) is 5.64. The maximum atomic E-state index is 5.34. The van der Waals surface area contributed by atoms with Gasteiger partial charge in [0.2, 0.25) is 0 Å². The van der Waals surface area contributed by atoms with E-state index < -0.39 is 0 Å². The lowest BCUT2D eigenvalue weighted by Gasteiger charge is -1.95. The van der Waals surface area contributed by atoms with Crippen molar-refractivity contribution < 1.29 is 4.42 Å². The fraction of sp³-hybridized carbons (Fsp3) is 0.222. The Hall–Kier alpha value is -0.260. The number of aryl methyl sites for hydroxylation is 1. The van der Waals surface area contributed by atoms with Crippen molar-refractivity contribution in [3.8, 4) is 0 Å². The molecule has 5 heteroatoms. The smallest absolute Gasteiger partial charge is 0.151 e. The minimum Gasteiger partial charge on any atom is -0.468 e. The van der Waals surface area contributed by atoms with Crippen molar-refractivity contribution in [2.24, 2.45) is 0 Å². The molecule has 0 N–H and O–H groups in total. The van der Waals surface area contributed by atoms with Crippen molar-refractivity contribution in [2.75, 3.05) is 0 Å². The molecule has 0 saturated carbocycles. The Labute approximate surface area is 98.9 Å². The molecule has 0 aromatic carbocycles. The first-order valence-electron chi connectivity index (χ1n) is 4.02. The predicted octanol–water partition coefficient (Wildman–Crippen LogP) is 4.10. The molecule has 2 aromatic heterocycles. The monoisotopic (exact) mass is 289 g/mol. The minimum atomic E-state index is 0.846. The Kier molecular flexibility index (Phi) is 3.30. The molecule has 0 atom stereocenters. The molecule has 0 aliphatic rings. The van der Waals surface area contributed by atoms with Crippen molar-refractivity contribution in [1.82, 2.24) is 4.98 Å². The Morgan fingerprint density at radius 1 is 1.64 bits per heavy atom. The van der Waals surface area contributed by atoms with Gasteiger partial charge in [0, 0.05) is 5.38 Å². The molecule has 0 radical (unpaired) electrons. The summed E-state index contributed by atoms with van der Waals surface area (Å²) >= 11 is 6.67. The summed E-state index contributed by atoms with van der Waals surface area (Å²) in [7, 11) is 0. The van der Waals surface area contributed by atoms with E-state index in [4.69, 9.17) is 4.42 Å². The van der Waals surface area contributed by atoms with E-state index >= 15 is 0 Å². The summed E-state index contributed by atoms with van der Waals surface area (Å²) in [5, 5.41) is 1.98. The second-order valence-electron chi connectivity index (χ2n) is 2.75. The zero-order valence-electron chi connectivity index (χ0n) is 7.49.